The Hall–Kier alpha value is -0.610. The Morgan fingerprint density at radius 1 is 1.44 bits per heavy atom. The van der Waals surface area contributed by atoms with E-state index in [2.05, 4.69) is 11.8 Å². The summed E-state index contributed by atoms with van der Waals surface area (Å²) in [6.45, 7) is 5.00. The molecule has 16 heavy (non-hydrogen) atoms. The number of carboxylic acid groups (broad SMARTS) is 1. The maximum atomic E-state index is 11.1. The van der Waals surface area contributed by atoms with Gasteiger partial charge in [-0.1, -0.05) is 19.8 Å². The second-order valence-electron chi connectivity index (χ2n) is 4.91. The Morgan fingerprint density at radius 3 is 2.75 bits per heavy atom. The maximum absolute atomic E-state index is 11.1. The Kier molecular flexibility index (Phi) is 3.82. The van der Waals surface area contributed by atoms with Crippen molar-refractivity contribution in [2.45, 2.75) is 32.2 Å². The molecule has 1 N–H and O–H groups in total. The molecule has 2 unspecified atom stereocenters. The molecule has 0 aromatic carbocycles. The molecule has 0 radical (unpaired) electrons. The lowest BCUT2D eigenvalue weighted by molar-refractivity contribution is -0.143. The van der Waals surface area contributed by atoms with Crippen LogP contribution in [0.4, 0.5) is 0 Å². The van der Waals surface area contributed by atoms with Crippen LogP contribution in [0.2, 0.25) is 0 Å². The molecule has 1 aliphatic heterocycles. The second kappa shape index (κ2) is 5.15. The van der Waals surface area contributed by atoms with Gasteiger partial charge in [-0.3, -0.25) is 9.69 Å². The number of ether oxygens (including phenoxy) is 1. The van der Waals surface area contributed by atoms with Crippen molar-refractivity contribution in [2.24, 2.45) is 11.8 Å². The van der Waals surface area contributed by atoms with E-state index in [1.165, 1.54) is 19.3 Å². The average Bonchev–Trinajstić information content (AvgIpc) is 2.94. The molecule has 1 heterocycles. The van der Waals surface area contributed by atoms with Crippen LogP contribution in [0, 0.1) is 11.8 Å². The van der Waals surface area contributed by atoms with E-state index in [0.29, 0.717) is 13.2 Å². The van der Waals surface area contributed by atoms with Crippen molar-refractivity contribution in [3.05, 3.63) is 0 Å². The summed E-state index contributed by atoms with van der Waals surface area (Å²) in [5.41, 5.74) is 0. The van der Waals surface area contributed by atoms with E-state index in [9.17, 15) is 4.79 Å². The molecule has 0 aromatic heterocycles. The van der Waals surface area contributed by atoms with Crippen molar-refractivity contribution in [2.75, 3.05) is 26.3 Å². The van der Waals surface area contributed by atoms with Crippen molar-refractivity contribution in [1.82, 2.24) is 4.90 Å². The van der Waals surface area contributed by atoms with Gasteiger partial charge in [0.25, 0.3) is 0 Å². The number of aliphatic carboxylic acids is 1. The molecule has 4 nitrogen and oxygen atoms in total. The van der Waals surface area contributed by atoms with E-state index in [4.69, 9.17) is 9.84 Å². The molecule has 0 spiro atoms. The Morgan fingerprint density at radius 2 is 2.19 bits per heavy atom. The van der Waals surface area contributed by atoms with Gasteiger partial charge in [0.15, 0.2) is 0 Å². The molecule has 0 aromatic rings. The highest BCUT2D eigenvalue weighted by atomic mass is 16.5. The van der Waals surface area contributed by atoms with Gasteiger partial charge >= 0.3 is 5.97 Å². The quantitative estimate of drug-likeness (QED) is 0.741. The van der Waals surface area contributed by atoms with Gasteiger partial charge in [-0.25, -0.2) is 0 Å². The van der Waals surface area contributed by atoms with Crippen molar-refractivity contribution in [3.63, 3.8) is 0 Å². The largest absolute Gasteiger partial charge is 0.481 e. The lowest BCUT2D eigenvalue weighted by Crippen LogP contribution is -2.43. The minimum Gasteiger partial charge on any atom is -0.481 e. The van der Waals surface area contributed by atoms with Gasteiger partial charge in [0.05, 0.1) is 19.1 Å². The van der Waals surface area contributed by atoms with Crippen LogP contribution in [0.5, 0.6) is 0 Å². The molecule has 1 saturated heterocycles. The van der Waals surface area contributed by atoms with E-state index in [-0.39, 0.29) is 12.0 Å². The highest BCUT2D eigenvalue weighted by Gasteiger charge is 2.37. The van der Waals surface area contributed by atoms with E-state index in [1.54, 1.807) is 0 Å². The van der Waals surface area contributed by atoms with Crippen LogP contribution in [0.3, 0.4) is 0 Å². The topological polar surface area (TPSA) is 49.8 Å². The zero-order chi connectivity index (χ0) is 11.5. The number of carbonyl (C=O) groups is 1. The molecule has 1 aliphatic carbocycles. The molecule has 2 atom stereocenters. The number of carboxylic acids is 1. The fraction of sp³-hybridized carbons (Fsp3) is 0.917. The summed E-state index contributed by atoms with van der Waals surface area (Å²) in [6.07, 6.45) is 3.94. The fourth-order valence-corrected chi connectivity index (χ4v) is 2.45. The molecule has 0 bridgehead atoms. The summed E-state index contributed by atoms with van der Waals surface area (Å²) in [7, 11) is 0. The van der Waals surface area contributed by atoms with Crippen LogP contribution in [0.1, 0.15) is 26.2 Å². The van der Waals surface area contributed by atoms with E-state index < -0.39 is 5.97 Å². The van der Waals surface area contributed by atoms with Gasteiger partial charge in [0.2, 0.25) is 0 Å². The molecule has 1 saturated carbocycles. The van der Waals surface area contributed by atoms with E-state index in [0.717, 1.165) is 19.0 Å². The fourth-order valence-electron chi connectivity index (χ4n) is 2.45. The first-order valence-electron chi connectivity index (χ1n) is 6.27. The number of hydrogen-bond donors (Lipinski definition) is 1. The first-order valence-corrected chi connectivity index (χ1v) is 6.27. The predicted octanol–water partition coefficient (Wildman–Crippen LogP) is 1.21. The monoisotopic (exact) mass is 227 g/mol. The van der Waals surface area contributed by atoms with Gasteiger partial charge < -0.3 is 9.84 Å². The number of likely N-dealkylation sites (N-methyl/N-ethyl adjacent to an activating group) is 1. The standard InChI is InChI=1S/C12H21NO3/c1-2-13(6-5-9-3-4-9)11-8-16-7-10(11)12(14)15/h9-11H,2-8H2,1H3,(H,14,15). The summed E-state index contributed by atoms with van der Waals surface area (Å²) in [5, 5.41) is 9.11. The zero-order valence-electron chi connectivity index (χ0n) is 9.89. The number of nitrogens with zero attached hydrogens (tertiary/aromatic N) is 1. The van der Waals surface area contributed by atoms with Gasteiger partial charge in [-0.2, -0.15) is 0 Å². The highest BCUT2D eigenvalue weighted by molar-refractivity contribution is 5.71. The lowest BCUT2D eigenvalue weighted by atomic mass is 10.0. The normalized spacial score (nSPS) is 29.9. The number of rotatable bonds is 6. The highest BCUT2D eigenvalue weighted by Crippen LogP contribution is 2.33. The SMILES string of the molecule is CCN(CCC1CC1)C1COCC1C(=O)O. The summed E-state index contributed by atoms with van der Waals surface area (Å²) >= 11 is 0. The zero-order valence-corrected chi connectivity index (χ0v) is 9.89. The van der Waals surface area contributed by atoms with Crippen LogP contribution >= 0.6 is 0 Å². The third-order valence-corrected chi connectivity index (χ3v) is 3.76. The lowest BCUT2D eigenvalue weighted by Gasteiger charge is -2.29. The minimum absolute atomic E-state index is 0.0845. The van der Waals surface area contributed by atoms with Crippen molar-refractivity contribution in [1.29, 1.82) is 0 Å². The maximum Gasteiger partial charge on any atom is 0.310 e. The van der Waals surface area contributed by atoms with Crippen LogP contribution in [-0.4, -0.2) is 48.3 Å². The molecular weight excluding hydrogens is 206 g/mol. The molecule has 0 amide bonds. The molecule has 4 heteroatoms. The van der Waals surface area contributed by atoms with Gasteiger partial charge in [0.1, 0.15) is 0 Å². The minimum atomic E-state index is -0.715. The van der Waals surface area contributed by atoms with Crippen LogP contribution < -0.4 is 0 Å². The van der Waals surface area contributed by atoms with Crippen LogP contribution in [0.15, 0.2) is 0 Å². The van der Waals surface area contributed by atoms with Gasteiger partial charge in [-0.15, -0.1) is 0 Å². The van der Waals surface area contributed by atoms with Gasteiger partial charge in [0, 0.05) is 6.04 Å². The molecular formula is C12H21NO3. The molecule has 92 valence electrons. The van der Waals surface area contributed by atoms with Crippen molar-refractivity contribution < 1.29 is 14.6 Å². The third-order valence-electron chi connectivity index (χ3n) is 3.76. The predicted molar refractivity (Wildman–Crippen MR) is 60.3 cm³/mol. The summed E-state index contributed by atoms with van der Waals surface area (Å²) in [4.78, 5) is 13.4. The first-order chi connectivity index (χ1) is 7.72. The average molecular weight is 227 g/mol. The Bertz CT molecular complexity index is 253. The summed E-state index contributed by atoms with van der Waals surface area (Å²) in [6, 6.07) is 0.0845. The molecule has 2 aliphatic rings. The van der Waals surface area contributed by atoms with Gasteiger partial charge in [-0.05, 0) is 25.4 Å². The summed E-state index contributed by atoms with van der Waals surface area (Å²) in [5.74, 6) is -0.147. The van der Waals surface area contributed by atoms with Crippen LogP contribution in [0.25, 0.3) is 0 Å². The summed E-state index contributed by atoms with van der Waals surface area (Å²) < 4.78 is 5.31. The van der Waals surface area contributed by atoms with Crippen molar-refractivity contribution >= 4 is 5.97 Å². The van der Waals surface area contributed by atoms with Crippen LogP contribution in [-0.2, 0) is 9.53 Å². The van der Waals surface area contributed by atoms with Crippen molar-refractivity contribution in [3.8, 4) is 0 Å². The Labute approximate surface area is 96.6 Å². The first kappa shape index (κ1) is 11.9. The second-order valence-corrected chi connectivity index (χ2v) is 4.91. The Balaban J connectivity index is 1.87. The van der Waals surface area contributed by atoms with E-state index >= 15 is 0 Å². The smallest absolute Gasteiger partial charge is 0.310 e. The number of hydrogen-bond acceptors (Lipinski definition) is 3. The third kappa shape index (κ3) is 2.74. The van der Waals surface area contributed by atoms with E-state index in [1.807, 2.05) is 0 Å². The molecule has 2 fully saturated rings. The molecule has 2 rings (SSSR count).